The van der Waals surface area contributed by atoms with Gasteiger partial charge < -0.3 is 4.90 Å². The molecule has 37 heavy (non-hydrogen) atoms. The molecule has 4 nitrogen and oxygen atoms in total. The third kappa shape index (κ3) is 6.10. The first-order valence-electron chi connectivity index (χ1n) is 13.7. The Bertz CT molecular complexity index is 1200. The first-order chi connectivity index (χ1) is 18.0. The van der Waals surface area contributed by atoms with E-state index in [1.807, 2.05) is 13.0 Å². The summed E-state index contributed by atoms with van der Waals surface area (Å²) >= 11 is 0. The van der Waals surface area contributed by atoms with E-state index in [1.165, 1.54) is 29.7 Å². The summed E-state index contributed by atoms with van der Waals surface area (Å²) in [6.45, 7) is 7.64. The van der Waals surface area contributed by atoms with Crippen molar-refractivity contribution in [3.63, 3.8) is 0 Å². The lowest BCUT2D eigenvalue weighted by Gasteiger charge is -2.37. The number of aromatic nitrogens is 1. The highest BCUT2D eigenvalue weighted by molar-refractivity contribution is 5.94. The Morgan fingerprint density at radius 3 is 2.43 bits per heavy atom. The molecule has 3 aromatic rings. The molecule has 2 fully saturated rings. The molecule has 5 heteroatoms. The quantitative estimate of drug-likeness (QED) is 0.371. The number of pyridine rings is 1. The zero-order valence-corrected chi connectivity index (χ0v) is 22.1. The van der Waals surface area contributed by atoms with E-state index < -0.39 is 0 Å². The lowest BCUT2D eigenvalue weighted by molar-refractivity contribution is 0.0587. The summed E-state index contributed by atoms with van der Waals surface area (Å²) in [7, 11) is 0. The van der Waals surface area contributed by atoms with Crippen LogP contribution in [-0.4, -0.2) is 46.4 Å². The fraction of sp³-hybridized carbons (Fsp3) is 0.438. The number of amides is 1. The highest BCUT2D eigenvalue weighted by atomic mass is 19.1. The van der Waals surface area contributed by atoms with E-state index in [0.29, 0.717) is 17.4 Å². The van der Waals surface area contributed by atoms with Crippen LogP contribution in [0.2, 0.25) is 0 Å². The highest BCUT2D eigenvalue weighted by Gasteiger charge is 2.38. The molecule has 1 saturated carbocycles. The summed E-state index contributed by atoms with van der Waals surface area (Å²) in [6, 6.07) is 21.2. The summed E-state index contributed by atoms with van der Waals surface area (Å²) < 4.78 is 13.6. The van der Waals surface area contributed by atoms with Gasteiger partial charge in [0, 0.05) is 49.4 Å². The lowest BCUT2D eigenvalue weighted by Crippen LogP contribution is -2.45. The van der Waals surface area contributed by atoms with Crippen molar-refractivity contribution in [2.24, 2.45) is 5.92 Å². The second-order valence-corrected chi connectivity index (χ2v) is 10.9. The Kier molecular flexibility index (Phi) is 7.99. The predicted molar refractivity (Wildman–Crippen MR) is 146 cm³/mol. The number of hydrogen-bond acceptors (Lipinski definition) is 3. The minimum absolute atomic E-state index is 0.0363. The molecule has 2 aliphatic rings. The number of halogens is 1. The van der Waals surface area contributed by atoms with Crippen molar-refractivity contribution >= 4 is 5.91 Å². The maximum Gasteiger partial charge on any atom is 0.254 e. The normalized spacial score (nSPS) is 20.7. The molecule has 0 radical (unpaired) electrons. The van der Waals surface area contributed by atoms with Crippen LogP contribution < -0.4 is 0 Å². The van der Waals surface area contributed by atoms with E-state index in [0.717, 1.165) is 63.3 Å². The van der Waals surface area contributed by atoms with E-state index in [2.05, 4.69) is 53.1 Å². The number of carbonyl (C=O) groups excluding carboxylic acids is 1. The van der Waals surface area contributed by atoms with Gasteiger partial charge in [-0.15, -0.1) is 0 Å². The standard InChI is InChI=1S/C32H38FN3O/c1-23-9-6-7-14-30(23)31-22-35(21-28-11-8-10-24(2)34-28)19-26(31)20-36(29-12-4-3-5-13-29)32(37)25-15-17-27(33)18-16-25/h6-11,14-18,26,29,31H,3-5,12-13,19-22H2,1-2H3. The lowest BCUT2D eigenvalue weighted by atomic mass is 9.85. The fourth-order valence-electron chi connectivity index (χ4n) is 6.35. The van der Waals surface area contributed by atoms with E-state index in [4.69, 9.17) is 4.98 Å². The average molecular weight is 500 g/mol. The maximum absolute atomic E-state index is 13.8. The SMILES string of the molecule is Cc1cccc(CN2CC(CN(C(=O)c3ccc(F)cc3)C3CCCCC3)C(c3ccccc3C)C2)n1. The van der Waals surface area contributed by atoms with Gasteiger partial charge in [0.1, 0.15) is 5.82 Å². The molecule has 1 saturated heterocycles. The van der Waals surface area contributed by atoms with Crippen molar-refractivity contribution in [1.29, 1.82) is 0 Å². The molecule has 2 unspecified atom stereocenters. The van der Waals surface area contributed by atoms with Crippen molar-refractivity contribution in [2.75, 3.05) is 19.6 Å². The second kappa shape index (κ2) is 11.6. The molecular formula is C32H38FN3O. The molecule has 194 valence electrons. The van der Waals surface area contributed by atoms with Gasteiger partial charge in [0.2, 0.25) is 0 Å². The van der Waals surface area contributed by atoms with E-state index in [9.17, 15) is 9.18 Å². The van der Waals surface area contributed by atoms with Crippen LogP contribution in [-0.2, 0) is 6.54 Å². The van der Waals surface area contributed by atoms with Crippen molar-refractivity contribution in [3.8, 4) is 0 Å². The average Bonchev–Trinajstić information content (AvgIpc) is 3.30. The monoisotopic (exact) mass is 499 g/mol. The van der Waals surface area contributed by atoms with Crippen LogP contribution in [0.25, 0.3) is 0 Å². The molecular weight excluding hydrogens is 461 g/mol. The van der Waals surface area contributed by atoms with Gasteiger partial charge in [-0.25, -0.2) is 4.39 Å². The first-order valence-corrected chi connectivity index (χ1v) is 13.7. The number of benzene rings is 2. The summed E-state index contributed by atoms with van der Waals surface area (Å²) in [4.78, 5) is 23.2. The topological polar surface area (TPSA) is 36.4 Å². The minimum atomic E-state index is -0.309. The number of rotatable bonds is 7. The molecule has 1 amide bonds. The van der Waals surface area contributed by atoms with Crippen LogP contribution in [0.1, 0.15) is 70.9 Å². The zero-order chi connectivity index (χ0) is 25.8. The number of hydrogen-bond donors (Lipinski definition) is 0. The Morgan fingerprint density at radius 2 is 1.70 bits per heavy atom. The van der Waals surface area contributed by atoms with Gasteiger partial charge in [-0.2, -0.15) is 0 Å². The second-order valence-electron chi connectivity index (χ2n) is 10.9. The number of likely N-dealkylation sites (tertiary alicyclic amines) is 1. The van der Waals surface area contributed by atoms with Crippen LogP contribution in [0.5, 0.6) is 0 Å². The number of carbonyl (C=O) groups is 1. The summed E-state index contributed by atoms with van der Waals surface area (Å²) in [6.07, 6.45) is 5.66. The molecule has 1 aromatic heterocycles. The molecule has 0 bridgehead atoms. The van der Waals surface area contributed by atoms with Gasteiger partial charge in [0.15, 0.2) is 0 Å². The van der Waals surface area contributed by atoms with Crippen LogP contribution in [0, 0.1) is 25.6 Å². The van der Waals surface area contributed by atoms with Crippen molar-refractivity contribution in [3.05, 3.63) is 101 Å². The van der Waals surface area contributed by atoms with Crippen LogP contribution in [0.3, 0.4) is 0 Å². The molecule has 2 aromatic carbocycles. The summed E-state index contributed by atoms with van der Waals surface area (Å²) in [5, 5.41) is 0. The molecule has 5 rings (SSSR count). The van der Waals surface area contributed by atoms with Gasteiger partial charge in [-0.3, -0.25) is 14.7 Å². The van der Waals surface area contributed by atoms with E-state index in [1.54, 1.807) is 12.1 Å². The number of nitrogens with zero attached hydrogens (tertiary/aromatic N) is 3. The van der Waals surface area contributed by atoms with Gasteiger partial charge in [-0.05, 0) is 80.1 Å². The van der Waals surface area contributed by atoms with E-state index in [-0.39, 0.29) is 17.8 Å². The summed E-state index contributed by atoms with van der Waals surface area (Å²) in [5.41, 5.74) is 5.40. The molecule has 2 heterocycles. The fourth-order valence-corrected chi connectivity index (χ4v) is 6.35. The minimum Gasteiger partial charge on any atom is -0.335 e. The van der Waals surface area contributed by atoms with Crippen LogP contribution in [0.4, 0.5) is 4.39 Å². The van der Waals surface area contributed by atoms with Crippen LogP contribution in [0.15, 0.2) is 66.7 Å². The summed E-state index contributed by atoms with van der Waals surface area (Å²) in [5.74, 6) is 0.390. The Hall–Kier alpha value is -3.05. The van der Waals surface area contributed by atoms with Crippen molar-refractivity contribution in [1.82, 2.24) is 14.8 Å². The molecule has 1 aliphatic heterocycles. The van der Waals surface area contributed by atoms with E-state index >= 15 is 0 Å². The van der Waals surface area contributed by atoms with Gasteiger partial charge >= 0.3 is 0 Å². The Balaban J connectivity index is 1.43. The van der Waals surface area contributed by atoms with Gasteiger partial charge in [-0.1, -0.05) is 49.6 Å². The van der Waals surface area contributed by atoms with Gasteiger partial charge in [0.25, 0.3) is 5.91 Å². The molecule has 0 spiro atoms. The zero-order valence-electron chi connectivity index (χ0n) is 22.1. The number of aryl methyl sites for hydroxylation is 2. The Morgan fingerprint density at radius 1 is 0.946 bits per heavy atom. The highest BCUT2D eigenvalue weighted by Crippen LogP contribution is 2.37. The van der Waals surface area contributed by atoms with Crippen molar-refractivity contribution in [2.45, 2.75) is 64.5 Å². The van der Waals surface area contributed by atoms with Crippen molar-refractivity contribution < 1.29 is 9.18 Å². The molecule has 2 atom stereocenters. The first kappa shape index (κ1) is 25.6. The third-order valence-electron chi connectivity index (χ3n) is 8.23. The Labute approximate surface area is 220 Å². The predicted octanol–water partition coefficient (Wildman–Crippen LogP) is 6.53. The molecule has 0 N–H and O–H groups in total. The largest absolute Gasteiger partial charge is 0.335 e. The van der Waals surface area contributed by atoms with Gasteiger partial charge in [0.05, 0.1) is 5.69 Å². The molecule has 1 aliphatic carbocycles. The maximum atomic E-state index is 13.8. The van der Waals surface area contributed by atoms with Crippen LogP contribution >= 0.6 is 0 Å². The smallest absolute Gasteiger partial charge is 0.254 e. The third-order valence-corrected chi connectivity index (χ3v) is 8.23.